The van der Waals surface area contributed by atoms with E-state index in [9.17, 15) is 0 Å². The molecule has 6 bridgehead atoms. The Bertz CT molecular complexity index is 4510. The van der Waals surface area contributed by atoms with Crippen molar-refractivity contribution in [1.82, 2.24) is 4.57 Å². The van der Waals surface area contributed by atoms with Crippen LogP contribution < -0.4 is 15.7 Å². The zero-order valence-corrected chi connectivity index (χ0v) is 44.6. The zero-order valence-electron chi connectivity index (χ0n) is 43.7. The van der Waals surface area contributed by atoms with Crippen molar-refractivity contribution in [2.45, 2.75) is 94.8 Å². The maximum Gasteiger partial charge on any atom is 0.333 e. The van der Waals surface area contributed by atoms with Gasteiger partial charge in [0.05, 0.1) is 16.7 Å². The van der Waals surface area contributed by atoms with Gasteiger partial charge in [0.15, 0.2) is 5.58 Å². The lowest BCUT2D eigenvalue weighted by Gasteiger charge is -2.57. The fourth-order valence-electron chi connectivity index (χ4n) is 19.0. The standard InChI is InChI=1S/C72H59BN2OS/c1-2-71(36-41-16-17-42(24-41)37-71)50-20-23-62-54(30-50)59-31-51(72-38-43-25-44(39-72)27-45(26-43)40-72)32-61-68(59)74(62)69-67-58(34-60-53-14-8-9-15-64(53)76-70(60)69)55-33-57-56-28-48-12-6-7-13-49(48)29-65(56)77-66(57)35-63(55)75(73(61)67)52-21-18-47(19-22-52)46-10-4-3-5-11-46/h3-15,18-23,28-35,41-45H,2,16-17,24-27,36-40H2,1H3. The molecular weight excluding hydrogens is 952 g/mol. The number of thiophene rings is 1. The third-order valence-corrected chi connectivity index (χ3v) is 22.9. The molecule has 20 rings (SSSR count). The molecule has 9 aromatic carbocycles. The Morgan fingerprint density at radius 3 is 1.99 bits per heavy atom. The van der Waals surface area contributed by atoms with E-state index in [0.29, 0.717) is 0 Å². The summed E-state index contributed by atoms with van der Waals surface area (Å²) < 4.78 is 12.8. The van der Waals surface area contributed by atoms with Gasteiger partial charge in [-0.3, -0.25) is 0 Å². The maximum absolute atomic E-state index is 7.37. The Labute approximate surface area is 453 Å². The van der Waals surface area contributed by atoms with Gasteiger partial charge in [-0.2, -0.15) is 0 Å². The molecule has 0 saturated heterocycles. The predicted molar refractivity (Wildman–Crippen MR) is 325 cm³/mol. The number of furan rings is 1. The second-order valence-electron chi connectivity index (χ2n) is 25.8. The van der Waals surface area contributed by atoms with Gasteiger partial charge in [0.2, 0.25) is 0 Å². The van der Waals surface area contributed by atoms with Gasteiger partial charge >= 0.3 is 6.85 Å². The first kappa shape index (κ1) is 43.0. The van der Waals surface area contributed by atoms with Crippen LogP contribution in [0.3, 0.4) is 0 Å². The molecule has 0 N–H and O–H groups in total. The van der Waals surface area contributed by atoms with Gasteiger partial charge in [-0.05, 0) is 221 Å². The molecule has 5 heteroatoms. The van der Waals surface area contributed by atoms with E-state index in [1.54, 1.807) is 11.1 Å². The highest BCUT2D eigenvalue weighted by atomic mass is 32.1. The summed E-state index contributed by atoms with van der Waals surface area (Å²) in [5, 5.41) is 10.5. The molecular formula is C72H59BN2OS. The summed E-state index contributed by atoms with van der Waals surface area (Å²) in [6.45, 7) is 2.39. The molecule has 6 saturated carbocycles. The molecule has 12 aromatic rings. The molecule has 2 aliphatic heterocycles. The van der Waals surface area contributed by atoms with Crippen LogP contribution in [0, 0.1) is 29.6 Å². The number of para-hydroxylation sites is 1. The van der Waals surface area contributed by atoms with E-state index in [0.717, 1.165) is 40.8 Å². The number of hydrogen-bond acceptors (Lipinski definition) is 3. The minimum absolute atomic E-state index is 0.106. The second-order valence-corrected chi connectivity index (χ2v) is 26.9. The summed E-state index contributed by atoms with van der Waals surface area (Å²) >= 11 is 1.95. The molecule has 0 radical (unpaired) electrons. The van der Waals surface area contributed by atoms with Crippen molar-refractivity contribution in [2.24, 2.45) is 29.6 Å². The smallest absolute Gasteiger partial charge is 0.333 e. The van der Waals surface area contributed by atoms with Gasteiger partial charge in [-0.1, -0.05) is 117 Å². The van der Waals surface area contributed by atoms with Crippen molar-refractivity contribution >= 4 is 115 Å². The molecule has 0 amide bonds. The molecule has 372 valence electrons. The van der Waals surface area contributed by atoms with Gasteiger partial charge < -0.3 is 13.8 Å². The van der Waals surface area contributed by atoms with Gasteiger partial charge in [0.1, 0.15) is 5.58 Å². The number of benzene rings is 9. The van der Waals surface area contributed by atoms with E-state index >= 15 is 0 Å². The van der Waals surface area contributed by atoms with E-state index in [-0.39, 0.29) is 17.7 Å². The fraction of sp³-hybridized carbons (Fsp3) is 0.278. The number of nitrogens with zero attached hydrogens (tertiary/aromatic N) is 2. The van der Waals surface area contributed by atoms with Crippen LogP contribution in [-0.2, 0) is 10.8 Å². The van der Waals surface area contributed by atoms with Gasteiger partial charge in [-0.25, -0.2) is 0 Å². The summed E-state index contributed by atoms with van der Waals surface area (Å²) in [5.41, 5.74) is 20.0. The Morgan fingerprint density at radius 2 is 1.21 bits per heavy atom. The quantitative estimate of drug-likeness (QED) is 0.160. The number of anilines is 2. The molecule has 6 aliphatic carbocycles. The van der Waals surface area contributed by atoms with Crippen molar-refractivity contribution in [3.63, 3.8) is 0 Å². The van der Waals surface area contributed by atoms with Crippen LogP contribution in [0.15, 0.2) is 168 Å². The highest BCUT2D eigenvalue weighted by Crippen LogP contribution is 2.62. The van der Waals surface area contributed by atoms with Crippen LogP contribution >= 0.6 is 11.3 Å². The van der Waals surface area contributed by atoms with Gasteiger partial charge in [0, 0.05) is 58.7 Å². The first-order valence-corrected chi connectivity index (χ1v) is 30.2. The first-order valence-electron chi connectivity index (χ1n) is 29.4. The van der Waals surface area contributed by atoms with Gasteiger partial charge in [0.25, 0.3) is 0 Å². The van der Waals surface area contributed by atoms with Crippen molar-refractivity contribution in [1.29, 1.82) is 0 Å². The molecule has 6 fully saturated rings. The van der Waals surface area contributed by atoms with Crippen molar-refractivity contribution in [3.8, 4) is 27.9 Å². The van der Waals surface area contributed by atoms with E-state index in [2.05, 4.69) is 180 Å². The third kappa shape index (κ3) is 5.79. The summed E-state index contributed by atoms with van der Waals surface area (Å²) in [4.78, 5) is 2.79. The summed E-state index contributed by atoms with van der Waals surface area (Å²) in [7, 11) is 0. The lowest BCUT2D eigenvalue weighted by Crippen LogP contribution is -2.61. The SMILES string of the molecule is CCC1(c2ccc3c(c2)c2cc(C45CC6CC(CC(C6)C4)C5)cc4c2n3-c2c3c(cc5c2oc2ccccc25)-c2cc5c(cc2N(c2ccc(-c6ccccc6)cc2)B34)sc2cc3ccccc3cc25)CC2CCC(C2)C1. The van der Waals surface area contributed by atoms with Crippen molar-refractivity contribution < 1.29 is 4.42 Å². The zero-order chi connectivity index (χ0) is 50.0. The van der Waals surface area contributed by atoms with Crippen LogP contribution in [0.4, 0.5) is 11.4 Å². The van der Waals surface area contributed by atoms with Crippen LogP contribution in [0.1, 0.15) is 95.1 Å². The van der Waals surface area contributed by atoms with Gasteiger partial charge in [-0.15, -0.1) is 11.3 Å². The summed E-state index contributed by atoms with van der Waals surface area (Å²) in [5.74, 6) is 4.27. The largest absolute Gasteiger partial charge is 0.454 e. The molecule has 0 spiro atoms. The van der Waals surface area contributed by atoms with E-state index in [1.807, 2.05) is 11.3 Å². The lowest BCUT2D eigenvalue weighted by molar-refractivity contribution is -0.00509. The average Bonchev–Trinajstić information content (AvgIpc) is 4.35. The van der Waals surface area contributed by atoms with E-state index < -0.39 is 0 Å². The molecule has 2 atom stereocenters. The number of hydrogen-bond donors (Lipinski definition) is 0. The molecule has 2 unspecified atom stereocenters. The molecule has 5 heterocycles. The highest BCUT2D eigenvalue weighted by molar-refractivity contribution is 7.26. The molecule has 77 heavy (non-hydrogen) atoms. The summed E-state index contributed by atoms with van der Waals surface area (Å²) in [6, 6.07) is 64.3. The number of rotatable bonds is 5. The van der Waals surface area contributed by atoms with Crippen molar-refractivity contribution in [2.75, 3.05) is 4.81 Å². The Balaban J connectivity index is 0.958. The topological polar surface area (TPSA) is 21.3 Å². The minimum atomic E-state index is -0.106. The maximum atomic E-state index is 7.37. The monoisotopic (exact) mass is 1010 g/mol. The normalized spacial score (nSPS) is 25.6. The number of fused-ring (bicyclic) bond motifs is 17. The Kier molecular flexibility index (Phi) is 8.45. The minimum Gasteiger partial charge on any atom is -0.454 e. The Hall–Kier alpha value is -7.08. The molecule has 8 aliphatic rings. The summed E-state index contributed by atoms with van der Waals surface area (Å²) in [6.07, 6.45) is 16.5. The van der Waals surface area contributed by atoms with Crippen LogP contribution in [0.5, 0.6) is 0 Å². The molecule has 3 aromatic heterocycles. The highest BCUT2D eigenvalue weighted by Gasteiger charge is 2.53. The Morgan fingerprint density at radius 1 is 0.545 bits per heavy atom. The van der Waals surface area contributed by atoms with E-state index in [4.69, 9.17) is 4.42 Å². The lowest BCUT2D eigenvalue weighted by atomic mass is 9.42. The van der Waals surface area contributed by atoms with Crippen LogP contribution in [0.2, 0.25) is 0 Å². The molecule has 3 nitrogen and oxygen atoms in total. The first-order chi connectivity index (χ1) is 37.9. The average molecular weight is 1010 g/mol. The van der Waals surface area contributed by atoms with Crippen molar-refractivity contribution in [3.05, 3.63) is 175 Å². The number of aromatic nitrogens is 1. The van der Waals surface area contributed by atoms with E-state index in [1.165, 1.54) is 191 Å². The predicted octanol–water partition coefficient (Wildman–Crippen LogP) is 18.4. The third-order valence-electron chi connectivity index (χ3n) is 21.8. The fourth-order valence-corrected chi connectivity index (χ4v) is 20.1. The second kappa shape index (κ2) is 15.1. The van der Waals surface area contributed by atoms with Crippen LogP contribution in [-0.4, -0.2) is 11.4 Å². The van der Waals surface area contributed by atoms with Crippen LogP contribution in [0.25, 0.3) is 103 Å².